The highest BCUT2D eigenvalue weighted by atomic mass is 32.2. The summed E-state index contributed by atoms with van der Waals surface area (Å²) in [5, 5.41) is 2.88. The average Bonchev–Trinajstić information content (AvgIpc) is 2.77. The molecule has 0 heterocycles. The molecule has 2 N–H and O–H groups in total. The third-order valence-electron chi connectivity index (χ3n) is 4.41. The molecular weight excluding hydrogens is 396 g/mol. The van der Waals surface area contributed by atoms with Crippen molar-refractivity contribution in [2.24, 2.45) is 0 Å². The van der Waals surface area contributed by atoms with E-state index in [4.69, 9.17) is 0 Å². The highest BCUT2D eigenvalue weighted by Gasteiger charge is 2.11. The lowest BCUT2D eigenvalue weighted by Gasteiger charge is -2.07. The van der Waals surface area contributed by atoms with Crippen LogP contribution >= 0.6 is 0 Å². The predicted octanol–water partition coefficient (Wildman–Crippen LogP) is 3.57. The first-order valence-corrected chi connectivity index (χ1v) is 10.9. The monoisotopic (exact) mass is 418 g/mol. The van der Waals surface area contributed by atoms with Gasteiger partial charge in [0.05, 0.1) is 4.90 Å². The van der Waals surface area contributed by atoms with E-state index in [-0.39, 0.29) is 17.2 Å². The number of sulfonamides is 1. The van der Waals surface area contributed by atoms with E-state index in [1.807, 2.05) is 54.6 Å². The average molecular weight is 419 g/mol. The van der Waals surface area contributed by atoms with Crippen LogP contribution in [-0.2, 0) is 21.2 Å². The summed E-state index contributed by atoms with van der Waals surface area (Å²) in [7, 11) is -2.08. The van der Waals surface area contributed by atoms with Gasteiger partial charge >= 0.3 is 0 Å². The summed E-state index contributed by atoms with van der Waals surface area (Å²) < 4.78 is 25.8. The number of hydrogen-bond acceptors (Lipinski definition) is 3. The number of amides is 1. The molecule has 0 fully saturated rings. The first kappa shape index (κ1) is 21.3. The fourth-order valence-corrected chi connectivity index (χ4v) is 3.51. The largest absolute Gasteiger partial charge is 0.326 e. The molecule has 3 rings (SSSR count). The number of carbonyl (C=O) groups excluding carboxylic acids is 1. The van der Waals surface area contributed by atoms with Gasteiger partial charge in [-0.3, -0.25) is 4.79 Å². The molecule has 0 aliphatic heterocycles. The Hall–Kier alpha value is -3.40. The minimum atomic E-state index is -3.45. The SMILES string of the molecule is CNS(=O)(=O)c1ccc(CCC(=O)Nc2cccc(C#Cc3ccccc3)c2)cc1. The Balaban J connectivity index is 1.57. The third kappa shape index (κ3) is 6.05. The minimum Gasteiger partial charge on any atom is -0.326 e. The number of aryl methyl sites for hydroxylation is 1. The number of hydrogen-bond donors (Lipinski definition) is 2. The van der Waals surface area contributed by atoms with Crippen LogP contribution in [0.1, 0.15) is 23.1 Å². The van der Waals surface area contributed by atoms with Crippen LogP contribution in [0.3, 0.4) is 0 Å². The second-order valence-electron chi connectivity index (χ2n) is 6.60. The lowest BCUT2D eigenvalue weighted by molar-refractivity contribution is -0.116. The van der Waals surface area contributed by atoms with Crippen molar-refractivity contribution in [3.8, 4) is 11.8 Å². The molecule has 0 aliphatic carbocycles. The lowest BCUT2D eigenvalue weighted by atomic mass is 10.1. The molecule has 30 heavy (non-hydrogen) atoms. The van der Waals surface area contributed by atoms with Crippen LogP contribution in [-0.4, -0.2) is 21.4 Å². The third-order valence-corrected chi connectivity index (χ3v) is 5.84. The molecule has 0 aliphatic rings. The Morgan fingerprint density at radius 1 is 0.867 bits per heavy atom. The van der Waals surface area contributed by atoms with E-state index in [1.54, 1.807) is 12.1 Å². The summed E-state index contributed by atoms with van der Waals surface area (Å²) in [4.78, 5) is 12.5. The second-order valence-corrected chi connectivity index (χ2v) is 8.48. The lowest BCUT2D eigenvalue weighted by Crippen LogP contribution is -2.18. The van der Waals surface area contributed by atoms with Crippen LogP contribution < -0.4 is 10.0 Å². The van der Waals surface area contributed by atoms with Gasteiger partial charge in [-0.25, -0.2) is 13.1 Å². The molecule has 6 heteroatoms. The van der Waals surface area contributed by atoms with E-state index in [9.17, 15) is 13.2 Å². The predicted molar refractivity (Wildman–Crippen MR) is 119 cm³/mol. The van der Waals surface area contributed by atoms with Crippen molar-refractivity contribution in [1.82, 2.24) is 4.72 Å². The fourth-order valence-electron chi connectivity index (χ4n) is 2.78. The summed E-state index contributed by atoms with van der Waals surface area (Å²) in [6, 6.07) is 23.6. The molecular formula is C24H22N2O3S. The van der Waals surface area contributed by atoms with Crippen LogP contribution in [0.4, 0.5) is 5.69 Å². The molecule has 3 aromatic carbocycles. The van der Waals surface area contributed by atoms with Crippen LogP contribution in [0.5, 0.6) is 0 Å². The maximum absolute atomic E-state index is 12.3. The van der Waals surface area contributed by atoms with Crippen molar-refractivity contribution >= 4 is 21.6 Å². The van der Waals surface area contributed by atoms with Gasteiger partial charge in [0.25, 0.3) is 0 Å². The van der Waals surface area contributed by atoms with Crippen LogP contribution in [0.25, 0.3) is 0 Å². The molecule has 0 radical (unpaired) electrons. The fraction of sp³-hybridized carbons (Fsp3) is 0.125. The molecule has 0 aromatic heterocycles. The Bertz CT molecular complexity index is 1180. The number of nitrogens with one attached hydrogen (secondary N) is 2. The number of carbonyl (C=O) groups is 1. The van der Waals surface area contributed by atoms with Gasteiger partial charge < -0.3 is 5.32 Å². The summed E-state index contributed by atoms with van der Waals surface area (Å²) >= 11 is 0. The van der Waals surface area contributed by atoms with Gasteiger partial charge in [-0.15, -0.1) is 0 Å². The van der Waals surface area contributed by atoms with E-state index in [0.717, 1.165) is 16.7 Å². The number of anilines is 1. The van der Waals surface area contributed by atoms with Crippen molar-refractivity contribution < 1.29 is 13.2 Å². The smallest absolute Gasteiger partial charge is 0.240 e. The van der Waals surface area contributed by atoms with E-state index in [1.165, 1.54) is 19.2 Å². The Labute approximate surface area is 177 Å². The highest BCUT2D eigenvalue weighted by molar-refractivity contribution is 7.89. The minimum absolute atomic E-state index is 0.116. The number of rotatable bonds is 6. The van der Waals surface area contributed by atoms with E-state index < -0.39 is 10.0 Å². The van der Waals surface area contributed by atoms with Gasteiger partial charge in [0, 0.05) is 23.2 Å². The Kier molecular flexibility index (Phi) is 7.02. The molecule has 0 atom stereocenters. The Morgan fingerprint density at radius 3 is 2.23 bits per heavy atom. The molecule has 0 unspecified atom stereocenters. The topological polar surface area (TPSA) is 75.3 Å². The zero-order chi connectivity index (χ0) is 21.4. The van der Waals surface area contributed by atoms with Gasteiger partial charge in [-0.1, -0.05) is 48.2 Å². The molecule has 0 bridgehead atoms. The molecule has 0 saturated heterocycles. The summed E-state index contributed by atoms with van der Waals surface area (Å²) in [6.07, 6.45) is 0.803. The molecule has 152 valence electrons. The van der Waals surface area contributed by atoms with Crippen molar-refractivity contribution in [2.45, 2.75) is 17.7 Å². The van der Waals surface area contributed by atoms with Crippen LogP contribution in [0.15, 0.2) is 83.8 Å². The van der Waals surface area contributed by atoms with Gasteiger partial charge in [0.15, 0.2) is 0 Å². The van der Waals surface area contributed by atoms with Crippen molar-refractivity contribution in [3.63, 3.8) is 0 Å². The van der Waals surface area contributed by atoms with Gasteiger partial charge in [-0.05, 0) is 61.5 Å². The van der Waals surface area contributed by atoms with E-state index in [2.05, 4.69) is 21.9 Å². The molecule has 1 amide bonds. The zero-order valence-corrected chi connectivity index (χ0v) is 17.4. The normalized spacial score (nSPS) is 10.7. The summed E-state index contributed by atoms with van der Waals surface area (Å²) in [5.41, 5.74) is 3.33. The number of benzene rings is 3. The highest BCUT2D eigenvalue weighted by Crippen LogP contribution is 2.13. The first-order chi connectivity index (χ1) is 14.5. The van der Waals surface area contributed by atoms with E-state index in [0.29, 0.717) is 12.1 Å². The van der Waals surface area contributed by atoms with Crippen LogP contribution in [0.2, 0.25) is 0 Å². The Morgan fingerprint density at radius 2 is 1.53 bits per heavy atom. The summed E-state index contributed by atoms with van der Waals surface area (Å²) in [6.45, 7) is 0. The van der Waals surface area contributed by atoms with Crippen molar-refractivity contribution in [3.05, 3.63) is 95.6 Å². The van der Waals surface area contributed by atoms with Crippen LogP contribution in [0, 0.1) is 11.8 Å². The quantitative estimate of drug-likeness (QED) is 0.601. The second kappa shape index (κ2) is 9.88. The standard InChI is InChI=1S/C24H22N2O3S/c1-25-30(28,29)23-15-12-20(13-16-23)14-17-24(27)26-22-9-5-8-21(18-22)11-10-19-6-3-2-4-7-19/h2-9,12-13,15-16,18,25H,14,17H2,1H3,(H,26,27). The van der Waals surface area contributed by atoms with Gasteiger partial charge in [0.2, 0.25) is 15.9 Å². The molecule has 0 saturated carbocycles. The van der Waals surface area contributed by atoms with Gasteiger partial charge in [0.1, 0.15) is 0 Å². The van der Waals surface area contributed by atoms with Crippen molar-refractivity contribution in [1.29, 1.82) is 0 Å². The summed E-state index contributed by atoms with van der Waals surface area (Å²) in [5.74, 6) is 6.08. The first-order valence-electron chi connectivity index (χ1n) is 9.46. The molecule has 0 spiro atoms. The van der Waals surface area contributed by atoms with Gasteiger partial charge in [-0.2, -0.15) is 0 Å². The zero-order valence-electron chi connectivity index (χ0n) is 16.6. The molecule has 5 nitrogen and oxygen atoms in total. The van der Waals surface area contributed by atoms with E-state index >= 15 is 0 Å². The maximum Gasteiger partial charge on any atom is 0.240 e. The van der Waals surface area contributed by atoms with Crippen molar-refractivity contribution in [2.75, 3.05) is 12.4 Å². The molecule has 3 aromatic rings. The maximum atomic E-state index is 12.3.